The Bertz CT molecular complexity index is 692. The van der Waals surface area contributed by atoms with Crippen molar-refractivity contribution in [3.8, 4) is 5.75 Å². The summed E-state index contributed by atoms with van der Waals surface area (Å²) in [6.45, 7) is 0. The molecule has 0 atom stereocenters. The molecule has 114 valence electrons. The van der Waals surface area contributed by atoms with E-state index in [1.54, 1.807) is 30.7 Å². The van der Waals surface area contributed by atoms with Gasteiger partial charge in [0, 0.05) is 11.5 Å². The molecule has 22 heavy (non-hydrogen) atoms. The summed E-state index contributed by atoms with van der Waals surface area (Å²) in [4.78, 5) is 26.4. The fourth-order valence-electron chi connectivity index (χ4n) is 1.63. The number of ether oxygens (including phenoxy) is 1. The van der Waals surface area contributed by atoms with Gasteiger partial charge in [0.05, 0.1) is 19.2 Å². The van der Waals surface area contributed by atoms with Crippen molar-refractivity contribution in [3.63, 3.8) is 0 Å². The molecule has 2 aromatic rings. The summed E-state index contributed by atoms with van der Waals surface area (Å²) < 4.78 is 5.05. The van der Waals surface area contributed by atoms with E-state index in [1.807, 2.05) is 12.1 Å². The molecule has 1 aromatic carbocycles. The van der Waals surface area contributed by atoms with E-state index in [0.717, 1.165) is 11.3 Å². The van der Waals surface area contributed by atoms with E-state index >= 15 is 0 Å². The Hall–Kier alpha value is -2.67. The largest absolute Gasteiger partial charge is 0.497 e. The molecule has 0 unspecified atom stereocenters. The first kappa shape index (κ1) is 15.7. The fraction of sp³-hybridized carbons (Fsp3) is 0.133. The number of carboxylic acid groups (broad SMARTS) is 1. The van der Waals surface area contributed by atoms with E-state index in [-0.39, 0.29) is 12.3 Å². The van der Waals surface area contributed by atoms with Crippen molar-refractivity contribution in [2.45, 2.75) is 6.42 Å². The SMILES string of the molecule is COc1ccc(/C=C/C(=O)Nc2nc(CC(=O)O)cs2)cc1. The number of benzene rings is 1. The number of nitrogens with one attached hydrogen (secondary N) is 1. The maximum atomic E-state index is 11.8. The molecule has 7 heteroatoms. The van der Waals surface area contributed by atoms with Crippen LogP contribution in [0.15, 0.2) is 35.7 Å². The summed E-state index contributed by atoms with van der Waals surface area (Å²) >= 11 is 1.19. The van der Waals surface area contributed by atoms with Gasteiger partial charge in [0.15, 0.2) is 5.13 Å². The van der Waals surface area contributed by atoms with Gasteiger partial charge in [-0.15, -0.1) is 11.3 Å². The summed E-state index contributed by atoms with van der Waals surface area (Å²) in [5.74, 6) is -0.537. The van der Waals surface area contributed by atoms with Crippen molar-refractivity contribution < 1.29 is 19.4 Å². The quantitative estimate of drug-likeness (QED) is 0.799. The Labute approximate surface area is 131 Å². The highest BCUT2D eigenvalue weighted by molar-refractivity contribution is 7.14. The molecule has 1 amide bonds. The van der Waals surface area contributed by atoms with Gasteiger partial charge in [-0.3, -0.25) is 14.9 Å². The Morgan fingerprint density at radius 2 is 2.09 bits per heavy atom. The van der Waals surface area contributed by atoms with Gasteiger partial charge in [-0.05, 0) is 23.8 Å². The summed E-state index contributed by atoms with van der Waals surface area (Å²) in [5.41, 5.74) is 1.29. The second-order valence-electron chi connectivity index (χ2n) is 4.31. The van der Waals surface area contributed by atoms with Crippen molar-refractivity contribution in [2.24, 2.45) is 0 Å². The fourth-order valence-corrected chi connectivity index (χ4v) is 2.35. The van der Waals surface area contributed by atoms with Crippen molar-refractivity contribution in [1.82, 2.24) is 4.98 Å². The number of nitrogens with zero attached hydrogens (tertiary/aromatic N) is 1. The van der Waals surface area contributed by atoms with Crippen LogP contribution >= 0.6 is 11.3 Å². The second kappa shape index (κ2) is 7.37. The summed E-state index contributed by atoms with van der Waals surface area (Å²) in [5, 5.41) is 13.2. The van der Waals surface area contributed by atoms with Crippen LogP contribution in [-0.4, -0.2) is 29.1 Å². The van der Waals surface area contributed by atoms with E-state index < -0.39 is 5.97 Å². The van der Waals surface area contributed by atoms with Gasteiger partial charge in [-0.25, -0.2) is 4.98 Å². The summed E-state index contributed by atoms with van der Waals surface area (Å²) in [7, 11) is 1.59. The van der Waals surface area contributed by atoms with E-state index in [9.17, 15) is 9.59 Å². The minimum Gasteiger partial charge on any atom is -0.497 e. The average Bonchev–Trinajstić information content (AvgIpc) is 2.92. The minimum atomic E-state index is -0.956. The second-order valence-corrected chi connectivity index (χ2v) is 5.17. The molecule has 0 radical (unpaired) electrons. The van der Waals surface area contributed by atoms with Gasteiger partial charge in [-0.2, -0.15) is 0 Å². The number of rotatable bonds is 6. The molecule has 6 nitrogen and oxygen atoms in total. The zero-order chi connectivity index (χ0) is 15.9. The zero-order valence-electron chi connectivity index (χ0n) is 11.8. The Morgan fingerprint density at radius 1 is 1.36 bits per heavy atom. The maximum absolute atomic E-state index is 11.8. The molecule has 0 aliphatic heterocycles. The van der Waals surface area contributed by atoms with Crippen LogP contribution in [0.25, 0.3) is 6.08 Å². The van der Waals surface area contributed by atoms with Gasteiger partial charge in [-0.1, -0.05) is 12.1 Å². The number of carbonyl (C=O) groups excluding carboxylic acids is 1. The first-order chi connectivity index (χ1) is 10.6. The molecule has 1 aromatic heterocycles. The molecule has 1 heterocycles. The number of aromatic nitrogens is 1. The van der Waals surface area contributed by atoms with Crippen LogP contribution in [0.2, 0.25) is 0 Å². The van der Waals surface area contributed by atoms with Crippen LogP contribution in [0.4, 0.5) is 5.13 Å². The van der Waals surface area contributed by atoms with Crippen molar-refractivity contribution in [1.29, 1.82) is 0 Å². The van der Waals surface area contributed by atoms with Crippen LogP contribution in [0.1, 0.15) is 11.3 Å². The maximum Gasteiger partial charge on any atom is 0.309 e. The van der Waals surface area contributed by atoms with Crippen LogP contribution < -0.4 is 10.1 Å². The standard InChI is InChI=1S/C15H14N2O4S/c1-21-12-5-2-10(3-6-12)4-7-13(18)17-15-16-11(9-22-15)8-14(19)20/h2-7,9H,8H2,1H3,(H,19,20)(H,16,17,18)/b7-4+. The normalized spacial score (nSPS) is 10.6. The lowest BCUT2D eigenvalue weighted by molar-refractivity contribution is -0.136. The van der Waals surface area contributed by atoms with Crippen molar-refractivity contribution in [3.05, 3.63) is 47.0 Å². The minimum absolute atomic E-state index is 0.159. The van der Waals surface area contributed by atoms with Gasteiger partial charge >= 0.3 is 5.97 Å². The predicted molar refractivity (Wildman–Crippen MR) is 84.1 cm³/mol. The van der Waals surface area contributed by atoms with E-state index in [4.69, 9.17) is 9.84 Å². The number of carboxylic acids is 1. The van der Waals surface area contributed by atoms with Gasteiger partial charge in [0.25, 0.3) is 0 Å². The number of hydrogen-bond acceptors (Lipinski definition) is 5. The predicted octanol–water partition coefficient (Wildman–Crippen LogP) is 2.43. The highest BCUT2D eigenvalue weighted by Crippen LogP contribution is 2.16. The summed E-state index contributed by atoms with van der Waals surface area (Å²) in [6, 6.07) is 7.26. The lowest BCUT2D eigenvalue weighted by atomic mass is 10.2. The third kappa shape index (κ3) is 4.71. The molecular formula is C15H14N2O4S. The van der Waals surface area contributed by atoms with Crippen LogP contribution in [0.3, 0.4) is 0 Å². The Kier molecular flexibility index (Phi) is 5.26. The van der Waals surface area contributed by atoms with Gasteiger partial charge < -0.3 is 9.84 Å². The number of hydrogen-bond donors (Lipinski definition) is 2. The average molecular weight is 318 g/mol. The first-order valence-corrected chi connectivity index (χ1v) is 7.24. The number of aliphatic carboxylic acids is 1. The molecule has 2 rings (SSSR count). The molecule has 2 N–H and O–H groups in total. The monoisotopic (exact) mass is 318 g/mol. The number of carbonyl (C=O) groups is 2. The number of thiazole rings is 1. The smallest absolute Gasteiger partial charge is 0.309 e. The third-order valence-corrected chi connectivity index (χ3v) is 3.46. The molecule has 0 bridgehead atoms. The highest BCUT2D eigenvalue weighted by Gasteiger charge is 2.07. The van der Waals surface area contributed by atoms with Gasteiger partial charge in [0.1, 0.15) is 5.75 Å². The Morgan fingerprint density at radius 3 is 2.73 bits per heavy atom. The third-order valence-electron chi connectivity index (χ3n) is 2.66. The molecule has 0 aliphatic carbocycles. The number of methoxy groups -OCH3 is 1. The molecule has 0 fully saturated rings. The first-order valence-electron chi connectivity index (χ1n) is 6.36. The number of anilines is 1. The molecule has 0 saturated heterocycles. The summed E-state index contributed by atoms with van der Waals surface area (Å²) in [6.07, 6.45) is 2.90. The van der Waals surface area contributed by atoms with Crippen LogP contribution in [0.5, 0.6) is 5.75 Å². The molecular weight excluding hydrogens is 304 g/mol. The highest BCUT2D eigenvalue weighted by atomic mass is 32.1. The van der Waals surface area contributed by atoms with Crippen LogP contribution in [-0.2, 0) is 16.0 Å². The molecule has 0 aliphatic rings. The zero-order valence-corrected chi connectivity index (χ0v) is 12.6. The lowest BCUT2D eigenvalue weighted by Crippen LogP contribution is -2.08. The van der Waals surface area contributed by atoms with Crippen molar-refractivity contribution >= 4 is 34.4 Å². The molecule has 0 spiro atoms. The van der Waals surface area contributed by atoms with E-state index in [0.29, 0.717) is 10.8 Å². The number of amides is 1. The Balaban J connectivity index is 1.92. The van der Waals surface area contributed by atoms with Crippen molar-refractivity contribution in [2.75, 3.05) is 12.4 Å². The van der Waals surface area contributed by atoms with Crippen LogP contribution in [0, 0.1) is 0 Å². The molecule has 0 saturated carbocycles. The van der Waals surface area contributed by atoms with E-state index in [2.05, 4.69) is 10.3 Å². The lowest BCUT2D eigenvalue weighted by Gasteiger charge is -1.99. The van der Waals surface area contributed by atoms with E-state index in [1.165, 1.54) is 17.4 Å². The van der Waals surface area contributed by atoms with Gasteiger partial charge in [0.2, 0.25) is 5.91 Å². The topological polar surface area (TPSA) is 88.5 Å².